The summed E-state index contributed by atoms with van der Waals surface area (Å²) in [5, 5.41) is 34.2. The fourth-order valence-corrected chi connectivity index (χ4v) is 4.23. The lowest BCUT2D eigenvalue weighted by molar-refractivity contribution is -0.140. The van der Waals surface area contributed by atoms with Crippen molar-refractivity contribution in [2.24, 2.45) is 0 Å². The molecule has 0 aromatic heterocycles. The second-order valence-electron chi connectivity index (χ2n) is 9.80. The van der Waals surface area contributed by atoms with Crippen LogP contribution in [-0.4, -0.2) is 150 Å². The summed E-state index contributed by atoms with van der Waals surface area (Å²) in [4.78, 5) is 53.3. The fourth-order valence-electron chi connectivity index (χ4n) is 4.23. The van der Waals surface area contributed by atoms with Crippen LogP contribution in [0.25, 0.3) is 0 Å². The van der Waals surface area contributed by atoms with Gasteiger partial charge in [0.15, 0.2) is 0 Å². The van der Waals surface area contributed by atoms with Crippen LogP contribution in [-0.2, 0) is 19.2 Å². The number of nitrogens with zero attached hydrogens (tertiary/aromatic N) is 4. The second kappa shape index (κ2) is 20.6. The number of hydrogen-bond donors (Lipinski definition) is 5. The average molecular weight is 545 g/mol. The maximum atomic E-state index is 11.8. The van der Waals surface area contributed by atoms with E-state index in [0.717, 1.165) is 45.2 Å². The van der Waals surface area contributed by atoms with E-state index in [4.69, 9.17) is 0 Å². The van der Waals surface area contributed by atoms with Gasteiger partial charge in [-0.1, -0.05) is 19.8 Å². The Balaban J connectivity index is 2.59. The Morgan fingerprint density at radius 2 is 1.05 bits per heavy atom. The van der Waals surface area contributed by atoms with Crippen molar-refractivity contribution in [2.45, 2.75) is 45.4 Å². The van der Waals surface area contributed by atoms with Crippen LogP contribution >= 0.6 is 0 Å². The molecule has 1 fully saturated rings. The minimum Gasteiger partial charge on any atom is -0.480 e. The van der Waals surface area contributed by atoms with Crippen molar-refractivity contribution in [3.63, 3.8) is 0 Å². The van der Waals surface area contributed by atoms with Crippen molar-refractivity contribution >= 4 is 23.8 Å². The number of aliphatic carboxylic acids is 3. The third kappa shape index (κ3) is 18.0. The summed E-state index contributed by atoms with van der Waals surface area (Å²) in [7, 11) is 0. The number of hydrogen-bond acceptors (Lipinski definition) is 9. The van der Waals surface area contributed by atoms with Crippen LogP contribution in [0.5, 0.6) is 0 Å². The Bertz CT molecular complexity index is 680. The fraction of sp³-hybridized carbons (Fsp3) is 0.840. The van der Waals surface area contributed by atoms with E-state index in [1.165, 1.54) is 0 Å². The van der Waals surface area contributed by atoms with Gasteiger partial charge in [-0.25, -0.2) is 0 Å². The molecule has 1 saturated heterocycles. The van der Waals surface area contributed by atoms with Crippen LogP contribution in [0, 0.1) is 0 Å². The monoisotopic (exact) mass is 544 g/mol. The lowest BCUT2D eigenvalue weighted by Crippen LogP contribution is -2.49. The molecule has 0 aromatic carbocycles. The molecule has 13 heteroatoms. The van der Waals surface area contributed by atoms with E-state index in [1.54, 1.807) is 4.90 Å². The van der Waals surface area contributed by atoms with Crippen LogP contribution in [0.1, 0.15) is 45.4 Å². The number of carboxylic acid groups (broad SMARTS) is 3. The van der Waals surface area contributed by atoms with Crippen LogP contribution in [0.15, 0.2) is 0 Å². The zero-order chi connectivity index (χ0) is 28.2. The number of amides is 1. The SMILES string of the molecule is CCCCNC(=O)CCCCCNCN1CCN(CC(=O)O)CCN(CC(=O)O)CCN(CC(=O)O)CC1. The number of rotatable bonds is 17. The Hall–Kier alpha value is -2.32. The number of unbranched alkanes of at least 4 members (excludes halogenated alkanes) is 3. The highest BCUT2D eigenvalue weighted by Crippen LogP contribution is 2.02. The molecule has 38 heavy (non-hydrogen) atoms. The molecule has 1 aliphatic heterocycles. The smallest absolute Gasteiger partial charge is 0.317 e. The molecule has 220 valence electrons. The van der Waals surface area contributed by atoms with Crippen molar-refractivity contribution in [3.8, 4) is 0 Å². The third-order valence-corrected chi connectivity index (χ3v) is 6.45. The predicted octanol–water partition coefficient (Wildman–Crippen LogP) is -0.514. The van der Waals surface area contributed by atoms with Gasteiger partial charge in [0.1, 0.15) is 0 Å². The molecule has 1 rings (SSSR count). The summed E-state index contributed by atoms with van der Waals surface area (Å²) >= 11 is 0. The molecule has 0 aromatic rings. The third-order valence-electron chi connectivity index (χ3n) is 6.45. The van der Waals surface area contributed by atoms with Gasteiger partial charge in [0.05, 0.1) is 19.6 Å². The first-order valence-corrected chi connectivity index (χ1v) is 13.7. The van der Waals surface area contributed by atoms with E-state index in [1.807, 2.05) is 9.80 Å². The molecule has 1 aliphatic rings. The first-order valence-electron chi connectivity index (χ1n) is 13.7. The van der Waals surface area contributed by atoms with Gasteiger partial charge < -0.3 is 26.0 Å². The van der Waals surface area contributed by atoms with Gasteiger partial charge in [-0.3, -0.25) is 38.8 Å². The Morgan fingerprint density at radius 1 is 0.605 bits per heavy atom. The maximum absolute atomic E-state index is 11.8. The van der Waals surface area contributed by atoms with Gasteiger partial charge in [0, 0.05) is 72.0 Å². The summed E-state index contributed by atoms with van der Waals surface area (Å²) in [6.07, 6.45) is 5.32. The van der Waals surface area contributed by atoms with E-state index >= 15 is 0 Å². The van der Waals surface area contributed by atoms with Gasteiger partial charge in [-0.15, -0.1) is 0 Å². The molecule has 0 aliphatic carbocycles. The first-order chi connectivity index (χ1) is 18.2. The van der Waals surface area contributed by atoms with Crippen LogP contribution in [0.4, 0.5) is 0 Å². The second-order valence-corrected chi connectivity index (χ2v) is 9.80. The molecule has 0 spiro atoms. The lowest BCUT2D eigenvalue weighted by Gasteiger charge is -2.33. The number of nitrogens with one attached hydrogen (secondary N) is 2. The average Bonchev–Trinajstić information content (AvgIpc) is 2.83. The van der Waals surface area contributed by atoms with Gasteiger partial charge >= 0.3 is 17.9 Å². The Kier molecular flexibility index (Phi) is 18.3. The van der Waals surface area contributed by atoms with Crippen molar-refractivity contribution in [2.75, 3.05) is 91.8 Å². The van der Waals surface area contributed by atoms with Gasteiger partial charge in [0.25, 0.3) is 0 Å². The molecule has 5 N–H and O–H groups in total. The zero-order valence-corrected chi connectivity index (χ0v) is 22.9. The molecule has 0 saturated carbocycles. The van der Waals surface area contributed by atoms with Crippen molar-refractivity contribution in [1.82, 2.24) is 30.2 Å². The highest BCUT2D eigenvalue weighted by atomic mass is 16.4. The van der Waals surface area contributed by atoms with E-state index in [-0.39, 0.29) is 25.5 Å². The molecule has 0 unspecified atom stereocenters. The largest absolute Gasteiger partial charge is 0.480 e. The summed E-state index contributed by atoms with van der Waals surface area (Å²) in [5.41, 5.74) is 0. The highest BCUT2D eigenvalue weighted by Gasteiger charge is 2.20. The summed E-state index contributed by atoms with van der Waals surface area (Å²) in [6, 6.07) is 0. The standard InChI is InChI=1S/C25H48N6O7/c1-2-3-9-27-22(32)7-5-4-6-8-26-21-31-16-14-29(19-24(35)36)12-10-28(18-23(33)34)11-13-30(15-17-31)20-25(37)38/h26H,2-21H2,1H3,(H,27,32)(H,33,34)(H,35,36)(H,37,38). The molecule has 0 atom stereocenters. The molecule has 1 heterocycles. The summed E-state index contributed by atoms with van der Waals surface area (Å²) in [6.45, 7) is 7.55. The Labute approximate surface area is 226 Å². The molecular formula is C25H48N6O7. The van der Waals surface area contributed by atoms with Gasteiger partial charge in [-0.05, 0) is 25.8 Å². The number of carboxylic acids is 3. The summed E-state index contributed by atoms with van der Waals surface area (Å²) < 4.78 is 0. The minimum absolute atomic E-state index is 0.105. The normalized spacial score (nSPS) is 17.4. The minimum atomic E-state index is -0.973. The maximum Gasteiger partial charge on any atom is 0.317 e. The van der Waals surface area contributed by atoms with Crippen LogP contribution in [0.2, 0.25) is 0 Å². The number of carbonyl (C=O) groups is 4. The quantitative estimate of drug-likeness (QED) is 0.149. The van der Waals surface area contributed by atoms with E-state index < -0.39 is 17.9 Å². The van der Waals surface area contributed by atoms with Gasteiger partial charge in [-0.2, -0.15) is 0 Å². The van der Waals surface area contributed by atoms with Crippen LogP contribution < -0.4 is 10.6 Å². The molecule has 0 bridgehead atoms. The molecule has 1 amide bonds. The van der Waals surface area contributed by atoms with E-state index in [0.29, 0.717) is 65.4 Å². The zero-order valence-electron chi connectivity index (χ0n) is 22.9. The molecule has 0 radical (unpaired) electrons. The molecular weight excluding hydrogens is 496 g/mol. The van der Waals surface area contributed by atoms with Crippen molar-refractivity contribution in [1.29, 1.82) is 0 Å². The van der Waals surface area contributed by atoms with E-state index in [9.17, 15) is 34.5 Å². The highest BCUT2D eigenvalue weighted by molar-refractivity contribution is 5.75. The predicted molar refractivity (Wildman–Crippen MR) is 143 cm³/mol. The van der Waals surface area contributed by atoms with Crippen molar-refractivity contribution < 1.29 is 34.5 Å². The van der Waals surface area contributed by atoms with Crippen molar-refractivity contribution in [3.05, 3.63) is 0 Å². The number of carbonyl (C=O) groups excluding carboxylic acids is 1. The lowest BCUT2D eigenvalue weighted by atomic mass is 10.2. The summed E-state index contributed by atoms with van der Waals surface area (Å²) in [5.74, 6) is -2.73. The van der Waals surface area contributed by atoms with Crippen LogP contribution in [0.3, 0.4) is 0 Å². The first kappa shape index (κ1) is 33.7. The molecule has 13 nitrogen and oxygen atoms in total. The Morgan fingerprint density at radius 3 is 1.47 bits per heavy atom. The topological polar surface area (TPSA) is 166 Å². The van der Waals surface area contributed by atoms with E-state index in [2.05, 4.69) is 22.5 Å². The van der Waals surface area contributed by atoms with Gasteiger partial charge in [0.2, 0.25) is 5.91 Å².